The molecule has 0 spiro atoms. The van der Waals surface area contributed by atoms with Crippen LogP contribution in [0.5, 0.6) is 11.5 Å². The number of para-hydroxylation sites is 2. The van der Waals surface area contributed by atoms with Crippen molar-refractivity contribution in [2.75, 3.05) is 13.2 Å². The standard InChI is InChI=1S/C22H24N2O5/c1-3-27-18-9-4-5-10-19(18)28-13-7-12-22(26)29-15-17-14-21(25)24-16(2)8-6-11-20(24)23-17/h4-6,8-11,14H,3,7,12-13,15H2,1-2H3. The predicted molar refractivity (Wildman–Crippen MR) is 108 cm³/mol. The molecule has 0 fully saturated rings. The molecule has 3 rings (SSSR count). The minimum absolute atomic E-state index is 0.0352. The number of carbonyl (C=O) groups is 1. The summed E-state index contributed by atoms with van der Waals surface area (Å²) in [6, 6.07) is 14.2. The van der Waals surface area contributed by atoms with Crippen molar-refractivity contribution in [3.05, 3.63) is 70.3 Å². The fourth-order valence-corrected chi connectivity index (χ4v) is 2.91. The van der Waals surface area contributed by atoms with E-state index in [1.54, 1.807) is 6.07 Å². The average Bonchev–Trinajstić information content (AvgIpc) is 2.71. The quantitative estimate of drug-likeness (QED) is 0.408. The van der Waals surface area contributed by atoms with Gasteiger partial charge in [-0.25, -0.2) is 4.98 Å². The molecule has 2 aromatic heterocycles. The van der Waals surface area contributed by atoms with Crippen LogP contribution in [0.4, 0.5) is 0 Å². The Morgan fingerprint density at radius 1 is 1.07 bits per heavy atom. The highest BCUT2D eigenvalue weighted by Gasteiger charge is 2.09. The highest BCUT2D eigenvalue weighted by molar-refractivity contribution is 5.69. The Morgan fingerprint density at radius 2 is 1.83 bits per heavy atom. The third-order valence-electron chi connectivity index (χ3n) is 4.25. The van der Waals surface area contributed by atoms with Crippen molar-refractivity contribution in [2.45, 2.75) is 33.3 Å². The molecule has 7 heteroatoms. The number of ether oxygens (including phenoxy) is 3. The van der Waals surface area contributed by atoms with Crippen molar-refractivity contribution >= 4 is 11.6 Å². The smallest absolute Gasteiger partial charge is 0.306 e. The van der Waals surface area contributed by atoms with Crippen LogP contribution in [0.15, 0.2) is 53.3 Å². The largest absolute Gasteiger partial charge is 0.490 e. The third-order valence-corrected chi connectivity index (χ3v) is 4.25. The van der Waals surface area contributed by atoms with Crippen molar-refractivity contribution in [3.63, 3.8) is 0 Å². The minimum atomic E-state index is -0.363. The van der Waals surface area contributed by atoms with E-state index in [0.29, 0.717) is 42.5 Å². The molecule has 2 heterocycles. The van der Waals surface area contributed by atoms with Crippen molar-refractivity contribution in [3.8, 4) is 11.5 Å². The van der Waals surface area contributed by atoms with Crippen LogP contribution in [-0.4, -0.2) is 28.6 Å². The van der Waals surface area contributed by atoms with E-state index >= 15 is 0 Å². The number of rotatable bonds is 9. The van der Waals surface area contributed by atoms with Crippen LogP contribution in [0, 0.1) is 6.92 Å². The molecule has 0 atom stereocenters. The number of carbonyl (C=O) groups excluding carboxylic acids is 1. The molecular weight excluding hydrogens is 372 g/mol. The maximum atomic E-state index is 12.2. The van der Waals surface area contributed by atoms with Gasteiger partial charge < -0.3 is 14.2 Å². The van der Waals surface area contributed by atoms with Crippen LogP contribution in [0.2, 0.25) is 0 Å². The second-order valence-corrected chi connectivity index (χ2v) is 6.44. The van der Waals surface area contributed by atoms with Gasteiger partial charge in [-0.05, 0) is 44.5 Å². The molecule has 0 radical (unpaired) electrons. The van der Waals surface area contributed by atoms with Gasteiger partial charge >= 0.3 is 5.97 Å². The van der Waals surface area contributed by atoms with Crippen LogP contribution in [0.3, 0.4) is 0 Å². The number of hydrogen-bond donors (Lipinski definition) is 0. The Kier molecular flexibility index (Phi) is 6.84. The summed E-state index contributed by atoms with van der Waals surface area (Å²) in [5.41, 5.74) is 1.57. The zero-order valence-corrected chi connectivity index (χ0v) is 16.6. The fraction of sp³-hybridized carbons (Fsp3) is 0.318. The summed E-state index contributed by atoms with van der Waals surface area (Å²) in [5.74, 6) is 0.971. The van der Waals surface area contributed by atoms with Gasteiger partial charge in [0.05, 0.1) is 18.9 Å². The molecule has 0 aliphatic rings. The summed E-state index contributed by atoms with van der Waals surface area (Å²) in [5, 5.41) is 0. The van der Waals surface area contributed by atoms with Crippen molar-refractivity contribution < 1.29 is 19.0 Å². The lowest BCUT2D eigenvalue weighted by Gasteiger charge is -2.11. The first-order valence-electron chi connectivity index (χ1n) is 9.57. The topological polar surface area (TPSA) is 79.1 Å². The number of aromatic nitrogens is 2. The molecule has 0 aliphatic carbocycles. The van der Waals surface area contributed by atoms with Gasteiger partial charge in [0, 0.05) is 18.2 Å². The zero-order valence-electron chi connectivity index (χ0n) is 16.6. The van der Waals surface area contributed by atoms with Crippen molar-refractivity contribution in [2.24, 2.45) is 0 Å². The highest BCUT2D eigenvalue weighted by Crippen LogP contribution is 2.26. The monoisotopic (exact) mass is 396 g/mol. The first-order chi connectivity index (χ1) is 14.1. The second kappa shape index (κ2) is 9.73. The second-order valence-electron chi connectivity index (χ2n) is 6.44. The molecule has 0 unspecified atom stereocenters. The molecule has 1 aromatic carbocycles. The Balaban J connectivity index is 1.47. The number of nitrogens with zero attached hydrogens (tertiary/aromatic N) is 2. The maximum absolute atomic E-state index is 12.2. The van der Waals surface area contributed by atoms with E-state index in [2.05, 4.69) is 4.98 Å². The number of aryl methyl sites for hydroxylation is 1. The van der Waals surface area contributed by atoms with E-state index in [-0.39, 0.29) is 24.6 Å². The lowest BCUT2D eigenvalue weighted by atomic mass is 10.3. The van der Waals surface area contributed by atoms with E-state index in [4.69, 9.17) is 14.2 Å². The lowest BCUT2D eigenvalue weighted by Crippen LogP contribution is -2.18. The van der Waals surface area contributed by atoms with Gasteiger partial charge in [-0.1, -0.05) is 18.2 Å². The Bertz CT molecular complexity index is 1040. The van der Waals surface area contributed by atoms with E-state index < -0.39 is 0 Å². The Morgan fingerprint density at radius 3 is 2.59 bits per heavy atom. The highest BCUT2D eigenvalue weighted by atomic mass is 16.5. The normalized spacial score (nSPS) is 10.7. The van der Waals surface area contributed by atoms with Crippen molar-refractivity contribution in [1.29, 1.82) is 0 Å². The molecule has 0 N–H and O–H groups in total. The number of fused-ring (bicyclic) bond motifs is 1. The maximum Gasteiger partial charge on any atom is 0.306 e. The molecule has 3 aromatic rings. The molecule has 0 bridgehead atoms. The minimum Gasteiger partial charge on any atom is -0.490 e. The zero-order chi connectivity index (χ0) is 20.6. The van der Waals surface area contributed by atoms with Gasteiger partial charge in [-0.3, -0.25) is 14.0 Å². The van der Waals surface area contributed by atoms with Crippen LogP contribution in [-0.2, 0) is 16.1 Å². The molecule has 0 saturated carbocycles. The van der Waals surface area contributed by atoms with Gasteiger partial charge in [-0.2, -0.15) is 0 Å². The van der Waals surface area contributed by atoms with E-state index in [1.807, 2.05) is 50.2 Å². The lowest BCUT2D eigenvalue weighted by molar-refractivity contribution is -0.145. The summed E-state index contributed by atoms with van der Waals surface area (Å²) >= 11 is 0. The van der Waals surface area contributed by atoms with Gasteiger partial charge in [0.2, 0.25) is 0 Å². The average molecular weight is 396 g/mol. The van der Waals surface area contributed by atoms with Crippen molar-refractivity contribution in [1.82, 2.24) is 9.38 Å². The molecule has 0 aliphatic heterocycles. The summed E-state index contributed by atoms with van der Waals surface area (Å²) in [7, 11) is 0. The van der Waals surface area contributed by atoms with Crippen LogP contribution >= 0.6 is 0 Å². The van der Waals surface area contributed by atoms with Gasteiger partial charge in [0.25, 0.3) is 5.56 Å². The number of hydrogen-bond acceptors (Lipinski definition) is 6. The van der Waals surface area contributed by atoms with E-state index in [0.717, 1.165) is 5.69 Å². The Labute approximate surface area is 168 Å². The van der Waals surface area contributed by atoms with Crippen LogP contribution < -0.4 is 15.0 Å². The molecule has 0 saturated heterocycles. The SMILES string of the molecule is CCOc1ccccc1OCCCC(=O)OCc1cc(=O)n2c(C)cccc2n1. The van der Waals surface area contributed by atoms with Crippen LogP contribution in [0.25, 0.3) is 5.65 Å². The Hall–Kier alpha value is -3.35. The molecule has 0 amide bonds. The summed E-state index contributed by atoms with van der Waals surface area (Å²) in [6.07, 6.45) is 0.717. The van der Waals surface area contributed by atoms with Gasteiger partial charge in [0.1, 0.15) is 12.3 Å². The summed E-state index contributed by atoms with van der Waals surface area (Å²) < 4.78 is 18.0. The molecule has 152 valence electrons. The molecule has 7 nitrogen and oxygen atoms in total. The fourth-order valence-electron chi connectivity index (χ4n) is 2.91. The third kappa shape index (κ3) is 5.34. The molecular formula is C22H24N2O5. The number of pyridine rings is 1. The van der Waals surface area contributed by atoms with Gasteiger partial charge in [-0.15, -0.1) is 0 Å². The predicted octanol–water partition coefficient (Wildman–Crippen LogP) is 3.30. The van der Waals surface area contributed by atoms with Gasteiger partial charge in [0.15, 0.2) is 11.5 Å². The summed E-state index contributed by atoms with van der Waals surface area (Å²) in [6.45, 7) is 4.64. The first kappa shape index (κ1) is 20.4. The number of esters is 1. The number of benzene rings is 1. The van der Waals surface area contributed by atoms with Crippen LogP contribution in [0.1, 0.15) is 31.2 Å². The van der Waals surface area contributed by atoms with E-state index in [1.165, 1.54) is 10.5 Å². The molecule has 29 heavy (non-hydrogen) atoms. The van der Waals surface area contributed by atoms with E-state index in [9.17, 15) is 9.59 Å². The first-order valence-corrected chi connectivity index (χ1v) is 9.57. The summed E-state index contributed by atoms with van der Waals surface area (Å²) in [4.78, 5) is 28.6.